The Kier molecular flexibility index (Phi) is 6.40. The number of nitrogens with one attached hydrogen (secondary N) is 1. The highest BCUT2D eigenvalue weighted by atomic mass is 32.2. The second-order valence-electron chi connectivity index (χ2n) is 6.17. The zero-order valence-corrected chi connectivity index (χ0v) is 16.8. The highest BCUT2D eigenvalue weighted by molar-refractivity contribution is 7.89. The van der Waals surface area contributed by atoms with Gasteiger partial charge in [0.05, 0.1) is 18.6 Å². The Hall–Kier alpha value is -3.04. The molecule has 0 unspecified atom stereocenters. The number of rotatable bonds is 8. The molecule has 8 nitrogen and oxygen atoms in total. The van der Waals surface area contributed by atoms with Crippen LogP contribution in [0.3, 0.4) is 0 Å². The lowest BCUT2D eigenvalue weighted by atomic mass is 10.2. The van der Waals surface area contributed by atoms with Gasteiger partial charge in [0.15, 0.2) is 11.5 Å². The van der Waals surface area contributed by atoms with E-state index in [2.05, 4.69) is 11.9 Å². The van der Waals surface area contributed by atoms with Gasteiger partial charge in [-0.2, -0.15) is 4.31 Å². The third-order valence-electron chi connectivity index (χ3n) is 4.18. The van der Waals surface area contributed by atoms with Gasteiger partial charge in [-0.15, -0.1) is 6.58 Å². The molecule has 2 aromatic carbocycles. The first kappa shape index (κ1) is 20.7. The average molecular weight is 418 g/mol. The van der Waals surface area contributed by atoms with E-state index in [4.69, 9.17) is 14.2 Å². The van der Waals surface area contributed by atoms with Crippen molar-refractivity contribution in [2.75, 3.05) is 38.7 Å². The Morgan fingerprint density at radius 3 is 2.52 bits per heavy atom. The van der Waals surface area contributed by atoms with Gasteiger partial charge in [-0.25, -0.2) is 8.42 Å². The van der Waals surface area contributed by atoms with E-state index in [1.807, 2.05) is 0 Å². The fourth-order valence-electron chi connectivity index (χ4n) is 2.77. The molecule has 0 atom stereocenters. The number of amides is 1. The molecule has 3 rings (SSSR count). The molecule has 0 spiro atoms. The zero-order valence-electron chi connectivity index (χ0n) is 16.0. The standard InChI is InChI=1S/C20H22N2O6S/c1-3-10-22(29(24,25)17-7-5-16(26-2)6-8-17)14-20(23)21-15-4-9-18-19(13-15)28-12-11-27-18/h3-9,13H,1,10-12,14H2,2H3,(H,21,23). The van der Waals surface area contributed by atoms with E-state index in [0.29, 0.717) is 36.1 Å². The van der Waals surface area contributed by atoms with Gasteiger partial charge in [0.1, 0.15) is 19.0 Å². The summed E-state index contributed by atoms with van der Waals surface area (Å²) in [5.41, 5.74) is 0.486. The van der Waals surface area contributed by atoms with Crippen LogP contribution in [0.4, 0.5) is 5.69 Å². The lowest BCUT2D eigenvalue weighted by Crippen LogP contribution is -2.38. The van der Waals surface area contributed by atoms with Crippen molar-refractivity contribution in [3.8, 4) is 17.2 Å². The third kappa shape index (κ3) is 4.87. The minimum absolute atomic E-state index is 0.0110. The fraction of sp³-hybridized carbons (Fsp3) is 0.250. The smallest absolute Gasteiger partial charge is 0.243 e. The first-order valence-electron chi connectivity index (χ1n) is 8.88. The first-order valence-corrected chi connectivity index (χ1v) is 10.3. The predicted octanol–water partition coefficient (Wildman–Crippen LogP) is 2.28. The molecule has 0 aliphatic carbocycles. The summed E-state index contributed by atoms with van der Waals surface area (Å²) < 4.78 is 42.9. The molecule has 0 saturated carbocycles. The Morgan fingerprint density at radius 1 is 1.17 bits per heavy atom. The van der Waals surface area contributed by atoms with Gasteiger partial charge in [-0.05, 0) is 36.4 Å². The topological polar surface area (TPSA) is 94.2 Å². The van der Waals surface area contributed by atoms with Gasteiger partial charge in [0.2, 0.25) is 15.9 Å². The quantitative estimate of drug-likeness (QED) is 0.661. The van der Waals surface area contributed by atoms with Crippen molar-refractivity contribution in [3.05, 3.63) is 55.1 Å². The molecular formula is C20H22N2O6S. The number of hydrogen-bond donors (Lipinski definition) is 1. The number of sulfonamides is 1. The van der Waals surface area contributed by atoms with E-state index in [1.165, 1.54) is 25.3 Å². The molecule has 0 radical (unpaired) electrons. The summed E-state index contributed by atoms with van der Waals surface area (Å²) in [6.45, 7) is 4.11. The second kappa shape index (κ2) is 8.97. The second-order valence-corrected chi connectivity index (χ2v) is 8.11. The summed E-state index contributed by atoms with van der Waals surface area (Å²) in [5, 5.41) is 2.69. The monoisotopic (exact) mass is 418 g/mol. The Balaban J connectivity index is 1.73. The largest absolute Gasteiger partial charge is 0.497 e. The maximum absolute atomic E-state index is 12.9. The van der Waals surface area contributed by atoms with Crippen LogP contribution in [0.2, 0.25) is 0 Å². The zero-order chi connectivity index (χ0) is 20.9. The number of methoxy groups -OCH3 is 1. The molecule has 9 heteroatoms. The number of fused-ring (bicyclic) bond motifs is 1. The van der Waals surface area contributed by atoms with Crippen molar-refractivity contribution < 1.29 is 27.4 Å². The highest BCUT2D eigenvalue weighted by Crippen LogP contribution is 2.32. The summed E-state index contributed by atoms with van der Waals surface area (Å²) in [7, 11) is -2.39. The van der Waals surface area contributed by atoms with Crippen molar-refractivity contribution in [3.63, 3.8) is 0 Å². The van der Waals surface area contributed by atoms with Crippen molar-refractivity contribution >= 4 is 21.6 Å². The lowest BCUT2D eigenvalue weighted by molar-refractivity contribution is -0.116. The van der Waals surface area contributed by atoms with Gasteiger partial charge < -0.3 is 19.5 Å². The summed E-state index contributed by atoms with van der Waals surface area (Å²) in [5.74, 6) is 1.18. The minimum atomic E-state index is -3.89. The third-order valence-corrected chi connectivity index (χ3v) is 6.00. The molecule has 1 heterocycles. The molecule has 1 N–H and O–H groups in total. The van der Waals surface area contributed by atoms with E-state index >= 15 is 0 Å². The molecule has 0 fully saturated rings. The van der Waals surface area contributed by atoms with Crippen molar-refractivity contribution in [1.29, 1.82) is 0 Å². The summed E-state index contributed by atoms with van der Waals surface area (Å²) in [4.78, 5) is 12.6. The van der Waals surface area contributed by atoms with E-state index < -0.39 is 15.9 Å². The van der Waals surface area contributed by atoms with E-state index in [-0.39, 0.29) is 18.0 Å². The predicted molar refractivity (Wildman–Crippen MR) is 108 cm³/mol. The molecule has 154 valence electrons. The number of nitrogens with zero attached hydrogens (tertiary/aromatic N) is 1. The summed E-state index contributed by atoms with van der Waals surface area (Å²) >= 11 is 0. The normalized spacial score (nSPS) is 13.0. The number of carbonyl (C=O) groups excluding carboxylic acids is 1. The molecular weight excluding hydrogens is 396 g/mol. The average Bonchev–Trinajstić information content (AvgIpc) is 2.73. The van der Waals surface area contributed by atoms with Crippen LogP contribution in [0.15, 0.2) is 60.0 Å². The van der Waals surface area contributed by atoms with Crippen LogP contribution >= 0.6 is 0 Å². The number of benzene rings is 2. The molecule has 0 aromatic heterocycles. The van der Waals surface area contributed by atoms with Crippen LogP contribution < -0.4 is 19.5 Å². The first-order chi connectivity index (χ1) is 13.9. The van der Waals surface area contributed by atoms with Crippen LogP contribution in [0, 0.1) is 0 Å². The van der Waals surface area contributed by atoms with Crippen molar-refractivity contribution in [1.82, 2.24) is 4.31 Å². The SMILES string of the molecule is C=CCN(CC(=O)Nc1ccc2c(c1)OCCO2)S(=O)(=O)c1ccc(OC)cc1. The Morgan fingerprint density at radius 2 is 1.86 bits per heavy atom. The van der Waals surface area contributed by atoms with Crippen LogP contribution in [0.25, 0.3) is 0 Å². The summed E-state index contributed by atoms with van der Waals surface area (Å²) in [6.07, 6.45) is 1.43. The van der Waals surface area contributed by atoms with Crippen LogP contribution in [-0.4, -0.2) is 52.0 Å². The molecule has 0 saturated heterocycles. The molecule has 1 aliphatic heterocycles. The van der Waals surface area contributed by atoms with E-state index in [1.54, 1.807) is 30.3 Å². The Labute approximate surface area is 169 Å². The van der Waals surface area contributed by atoms with Gasteiger partial charge in [0, 0.05) is 18.3 Å². The maximum atomic E-state index is 12.9. The molecule has 1 aliphatic rings. The summed E-state index contributed by atoms with van der Waals surface area (Å²) in [6, 6.07) is 11.0. The van der Waals surface area contributed by atoms with Gasteiger partial charge in [0.25, 0.3) is 0 Å². The van der Waals surface area contributed by atoms with Gasteiger partial charge >= 0.3 is 0 Å². The minimum Gasteiger partial charge on any atom is -0.497 e. The number of anilines is 1. The number of hydrogen-bond acceptors (Lipinski definition) is 6. The molecule has 29 heavy (non-hydrogen) atoms. The number of carbonyl (C=O) groups is 1. The van der Waals surface area contributed by atoms with Crippen LogP contribution in [0.1, 0.15) is 0 Å². The number of ether oxygens (including phenoxy) is 3. The van der Waals surface area contributed by atoms with E-state index in [9.17, 15) is 13.2 Å². The lowest BCUT2D eigenvalue weighted by Gasteiger charge is -2.21. The van der Waals surface area contributed by atoms with E-state index in [0.717, 1.165) is 4.31 Å². The van der Waals surface area contributed by atoms with Gasteiger partial charge in [-0.1, -0.05) is 6.08 Å². The molecule has 1 amide bonds. The highest BCUT2D eigenvalue weighted by Gasteiger charge is 2.26. The maximum Gasteiger partial charge on any atom is 0.243 e. The van der Waals surface area contributed by atoms with Gasteiger partial charge in [-0.3, -0.25) is 4.79 Å². The van der Waals surface area contributed by atoms with Crippen molar-refractivity contribution in [2.24, 2.45) is 0 Å². The Bertz CT molecular complexity index is 989. The fourth-order valence-corrected chi connectivity index (χ4v) is 4.14. The molecule has 2 aromatic rings. The van der Waals surface area contributed by atoms with Crippen LogP contribution in [0.5, 0.6) is 17.2 Å². The van der Waals surface area contributed by atoms with Crippen molar-refractivity contribution in [2.45, 2.75) is 4.90 Å². The van der Waals surface area contributed by atoms with Crippen LogP contribution in [-0.2, 0) is 14.8 Å². The molecule has 0 bridgehead atoms.